The Morgan fingerprint density at radius 1 is 0.844 bits per heavy atom. The van der Waals surface area contributed by atoms with Crippen LogP contribution in [0.25, 0.3) is 0 Å². The summed E-state index contributed by atoms with van der Waals surface area (Å²) in [4.78, 5) is 44.1. The van der Waals surface area contributed by atoms with Gasteiger partial charge in [0.15, 0.2) is 0 Å². The third kappa shape index (κ3) is 17.4. The summed E-state index contributed by atoms with van der Waals surface area (Å²) in [5, 5.41) is 9.90. The van der Waals surface area contributed by atoms with Gasteiger partial charge in [-0.3, -0.25) is 19.8 Å². The third-order valence-corrected chi connectivity index (χ3v) is 5.09. The van der Waals surface area contributed by atoms with Gasteiger partial charge in [-0.1, -0.05) is 26.0 Å². The molecule has 0 aliphatic heterocycles. The van der Waals surface area contributed by atoms with Crippen LogP contribution >= 0.6 is 23.2 Å². The normalized spacial score (nSPS) is 10.2. The number of aliphatic carboxylic acids is 1. The lowest BCUT2D eigenvalue weighted by atomic mass is 10.0. The molecule has 0 saturated heterocycles. The summed E-state index contributed by atoms with van der Waals surface area (Å²) < 4.78 is 47.3. The van der Waals surface area contributed by atoms with E-state index in [4.69, 9.17) is 53.2 Å². The Kier molecular flexibility index (Phi) is 21.1. The molecular weight excluding hydrogens is 646 g/mol. The number of carbonyl (C=O) groups is 4. The summed E-state index contributed by atoms with van der Waals surface area (Å²) in [6.07, 6.45) is -3.69. The van der Waals surface area contributed by atoms with Crippen molar-refractivity contribution < 1.29 is 51.7 Å². The summed E-state index contributed by atoms with van der Waals surface area (Å²) >= 11 is 9.53. The van der Waals surface area contributed by atoms with Gasteiger partial charge >= 0.3 is 18.1 Å². The van der Waals surface area contributed by atoms with Crippen LogP contribution in [0, 0.1) is 0 Å². The van der Waals surface area contributed by atoms with Gasteiger partial charge in [0.05, 0.1) is 19.6 Å². The maximum Gasteiger partial charge on any atom is 0.490 e. The highest BCUT2D eigenvalue weighted by Crippen LogP contribution is 2.23. The van der Waals surface area contributed by atoms with Gasteiger partial charge in [-0.15, -0.1) is 23.2 Å². The molecule has 5 N–H and O–H groups in total. The van der Waals surface area contributed by atoms with Gasteiger partial charge in [-0.25, -0.2) is 10.6 Å². The summed E-state index contributed by atoms with van der Waals surface area (Å²) in [5.74, 6) is 2.65. The number of nitrogens with two attached hydrogens (primary N) is 1. The number of hydrogen-bond donors (Lipinski definition) is 4. The molecule has 0 heterocycles. The van der Waals surface area contributed by atoms with Crippen molar-refractivity contribution >= 4 is 47.0 Å². The van der Waals surface area contributed by atoms with Gasteiger partial charge in [0, 0.05) is 22.3 Å². The fraction of sp³-hybridized carbons (Fsp3) is 0.448. The fourth-order valence-electron chi connectivity index (χ4n) is 3.37. The maximum atomic E-state index is 12.2. The average Bonchev–Trinajstić information content (AvgIpc) is 2.98. The predicted molar refractivity (Wildman–Crippen MR) is 165 cm³/mol. The van der Waals surface area contributed by atoms with E-state index in [-0.39, 0.29) is 23.7 Å². The molecule has 0 aromatic heterocycles. The number of nitrogens with one attached hydrogen (secondary N) is 2. The summed E-state index contributed by atoms with van der Waals surface area (Å²) in [6.45, 7) is 9.10. The van der Waals surface area contributed by atoms with Crippen LogP contribution in [-0.4, -0.2) is 66.7 Å². The Morgan fingerprint density at radius 2 is 1.22 bits per heavy atom. The van der Waals surface area contributed by atoms with Gasteiger partial charge in [-0.05, 0) is 57.9 Å². The maximum absolute atomic E-state index is 12.2. The Labute approximate surface area is 270 Å². The fourth-order valence-corrected chi connectivity index (χ4v) is 3.37. The van der Waals surface area contributed by atoms with Crippen LogP contribution in [0.5, 0.6) is 11.5 Å². The molecule has 2 amide bonds. The zero-order valence-corrected chi connectivity index (χ0v) is 27.6. The zero-order chi connectivity index (χ0) is 35.4. The highest BCUT2D eigenvalue weighted by atomic mass is 35.5. The smallest absolute Gasteiger partial charge is 0.490 e. The molecule has 0 atom stereocenters. The van der Waals surface area contributed by atoms with Crippen molar-refractivity contribution in [1.29, 1.82) is 0 Å². The molecule has 0 spiro atoms. The Bertz CT molecular complexity index is 1240. The van der Waals surface area contributed by atoms with Gasteiger partial charge in [0.1, 0.15) is 23.6 Å². The monoisotopic (exact) mass is 685 g/mol. The number of carbonyl (C=O) groups excluding carboxylic acids is 3. The first-order chi connectivity index (χ1) is 20.9. The van der Waals surface area contributed by atoms with Crippen molar-refractivity contribution in [3.63, 3.8) is 0 Å². The van der Waals surface area contributed by atoms with Gasteiger partial charge in [-0.2, -0.15) is 13.2 Å². The number of carboxylic acid groups (broad SMARTS) is 1. The molecule has 45 heavy (non-hydrogen) atoms. The van der Waals surface area contributed by atoms with Gasteiger partial charge in [0.2, 0.25) is 0 Å². The number of benzene rings is 2. The van der Waals surface area contributed by atoms with Crippen LogP contribution < -0.4 is 26.1 Å². The number of amides is 2. The molecule has 0 fully saturated rings. The quantitative estimate of drug-likeness (QED) is 0.0955. The van der Waals surface area contributed by atoms with E-state index in [0.29, 0.717) is 29.0 Å². The van der Waals surface area contributed by atoms with E-state index >= 15 is 0 Å². The Balaban J connectivity index is 0. The molecule has 0 aliphatic carbocycles. The molecule has 254 valence electrons. The van der Waals surface area contributed by atoms with E-state index in [9.17, 15) is 27.6 Å². The van der Waals surface area contributed by atoms with E-state index in [1.165, 1.54) is 0 Å². The van der Waals surface area contributed by atoms with Gasteiger partial charge < -0.3 is 24.6 Å². The van der Waals surface area contributed by atoms with Crippen LogP contribution in [0.15, 0.2) is 36.4 Å². The molecule has 2 aromatic carbocycles. The highest BCUT2D eigenvalue weighted by Gasteiger charge is 2.38. The van der Waals surface area contributed by atoms with Crippen LogP contribution in [0.3, 0.4) is 0 Å². The van der Waals surface area contributed by atoms with Crippen LogP contribution in [-0.2, 0) is 27.2 Å². The molecule has 16 heteroatoms. The Morgan fingerprint density at radius 3 is 1.51 bits per heavy atom. The number of esters is 1. The second-order valence-corrected chi connectivity index (χ2v) is 10.1. The number of nitrogen functional groups attached to an aromatic ring is 1. The molecule has 2 aromatic rings. The minimum absolute atomic E-state index is 0.156. The Hall–Kier alpha value is -3.75. The number of hydrogen-bond acceptors (Lipinski definition) is 8. The van der Waals surface area contributed by atoms with Crippen molar-refractivity contribution in [3.8, 4) is 11.5 Å². The van der Waals surface area contributed by atoms with E-state index in [1.807, 2.05) is 26.0 Å². The largest absolute Gasteiger partial charge is 0.496 e. The number of methoxy groups -OCH3 is 2. The van der Waals surface area contributed by atoms with Crippen LogP contribution in [0.4, 0.5) is 13.2 Å². The van der Waals surface area contributed by atoms with E-state index in [2.05, 4.69) is 10.7 Å². The number of rotatable bonds is 8. The lowest BCUT2D eigenvalue weighted by Crippen LogP contribution is -2.35. The molecule has 0 bridgehead atoms. The standard InChI is InChI=1S/C16H23NO4.C10H14N2O2.C2HF3O2.CH2Cl2/c1-6-11-12(8-7-9-13(11)20-5)15(19)17-10-14(18)21-16(2,3)4;1-3-7-8(10(13)12-11)5-4-6-9(7)14-2;3-2(4,5)1(6)7;2-1-3/h7-9H,6,10H2,1-5H3,(H,17,19);4-6H,3,11H2,1-2H3,(H,12,13);(H,6,7);1H2. The lowest BCUT2D eigenvalue weighted by Gasteiger charge is -2.19. The van der Waals surface area contributed by atoms with Crippen molar-refractivity contribution in [1.82, 2.24) is 10.7 Å². The molecule has 0 radical (unpaired) electrons. The first kappa shape index (κ1) is 43.4. The predicted octanol–water partition coefficient (Wildman–Crippen LogP) is 5.25. The second kappa shape index (κ2) is 21.9. The summed E-state index contributed by atoms with van der Waals surface area (Å²) in [7, 11) is 3.15. The van der Waals surface area contributed by atoms with Crippen molar-refractivity contribution in [2.24, 2.45) is 5.84 Å². The topological polar surface area (TPSA) is 166 Å². The van der Waals surface area contributed by atoms with Gasteiger partial charge in [0.25, 0.3) is 11.8 Å². The highest BCUT2D eigenvalue weighted by molar-refractivity contribution is 6.40. The van der Waals surface area contributed by atoms with E-state index < -0.39 is 23.7 Å². The number of ether oxygens (including phenoxy) is 3. The molecule has 0 saturated carbocycles. The lowest BCUT2D eigenvalue weighted by molar-refractivity contribution is -0.192. The van der Waals surface area contributed by atoms with Crippen molar-refractivity contribution in [3.05, 3.63) is 58.7 Å². The number of hydrazine groups is 1. The molecule has 0 aliphatic rings. The van der Waals surface area contributed by atoms with Crippen LogP contribution in [0.1, 0.15) is 66.5 Å². The van der Waals surface area contributed by atoms with Crippen molar-refractivity contribution in [2.45, 2.75) is 59.2 Å². The molecular formula is C29H40Cl2F3N3O8. The third-order valence-electron chi connectivity index (χ3n) is 5.09. The molecule has 0 unspecified atom stereocenters. The second-order valence-electron chi connectivity index (χ2n) is 9.33. The zero-order valence-electron chi connectivity index (χ0n) is 26.1. The molecule has 2 rings (SSSR count). The summed E-state index contributed by atoms with van der Waals surface area (Å²) in [5.41, 5.74) is 4.32. The van der Waals surface area contributed by atoms with Crippen molar-refractivity contribution in [2.75, 3.05) is 26.1 Å². The number of alkyl halides is 5. The molecule has 11 nitrogen and oxygen atoms in total. The summed E-state index contributed by atoms with van der Waals surface area (Å²) in [6, 6.07) is 10.6. The SMILES string of the molecule is CCc1c(OC)cccc1C(=O)NCC(=O)OC(C)(C)C.CCc1c(OC)cccc1C(=O)NN.ClCCl.O=C(O)C(F)(F)F. The number of halogens is 5. The first-order valence-corrected chi connectivity index (χ1v) is 14.2. The van der Waals surface area contributed by atoms with E-state index in [0.717, 1.165) is 17.5 Å². The minimum atomic E-state index is -5.08. The number of carboxylic acids is 1. The average molecular weight is 687 g/mol. The van der Waals surface area contributed by atoms with Crippen LogP contribution in [0.2, 0.25) is 0 Å². The minimum Gasteiger partial charge on any atom is -0.496 e. The van der Waals surface area contributed by atoms with E-state index in [1.54, 1.807) is 59.3 Å². The first-order valence-electron chi connectivity index (χ1n) is 13.1.